The summed E-state index contributed by atoms with van der Waals surface area (Å²) in [4.78, 5) is 14.4. The van der Waals surface area contributed by atoms with Gasteiger partial charge in [-0.1, -0.05) is 18.6 Å². The largest absolute Gasteiger partial charge is 0.494 e. The van der Waals surface area contributed by atoms with Gasteiger partial charge in [0.05, 0.1) is 12.5 Å². The number of carbonyl (C=O) groups excluding carboxylic acids is 1. The third-order valence-electron chi connectivity index (χ3n) is 4.64. The molecular weight excluding hydrogens is 312 g/mol. The van der Waals surface area contributed by atoms with Crippen LogP contribution in [0.25, 0.3) is 0 Å². The maximum absolute atomic E-state index is 11.9. The summed E-state index contributed by atoms with van der Waals surface area (Å²) in [7, 11) is 0. The molecule has 2 fully saturated rings. The van der Waals surface area contributed by atoms with E-state index in [0.29, 0.717) is 12.5 Å². The SMILES string of the molecule is O=C(NCc1ccc(OCCCN2CCCCC2)cc1)[C]1[CH][CH][CH][CH]1. The van der Waals surface area contributed by atoms with Crippen LogP contribution in [0.1, 0.15) is 31.2 Å². The highest BCUT2D eigenvalue weighted by Crippen LogP contribution is 2.23. The second-order valence-electron chi connectivity index (χ2n) is 6.60. The minimum Gasteiger partial charge on any atom is -0.494 e. The first-order valence-electron chi connectivity index (χ1n) is 9.25. The normalized spacial score (nSPS) is 19.0. The molecule has 1 saturated carbocycles. The lowest BCUT2D eigenvalue weighted by atomic mass is 10.1. The smallest absolute Gasteiger partial charge is 0.228 e. The number of amides is 1. The summed E-state index contributed by atoms with van der Waals surface area (Å²) in [5, 5.41) is 2.92. The van der Waals surface area contributed by atoms with E-state index in [0.717, 1.165) is 30.9 Å². The fourth-order valence-corrected chi connectivity index (χ4v) is 3.17. The van der Waals surface area contributed by atoms with E-state index in [9.17, 15) is 4.79 Å². The third kappa shape index (κ3) is 6.03. The highest BCUT2D eigenvalue weighted by Gasteiger charge is 2.24. The molecule has 1 saturated heterocycles. The third-order valence-corrected chi connectivity index (χ3v) is 4.64. The molecule has 2 aliphatic rings. The molecule has 5 radical (unpaired) electrons. The van der Waals surface area contributed by atoms with Crippen LogP contribution in [0.5, 0.6) is 5.75 Å². The van der Waals surface area contributed by atoms with Crippen molar-refractivity contribution in [3.8, 4) is 5.75 Å². The van der Waals surface area contributed by atoms with Gasteiger partial charge in [-0.15, -0.1) is 0 Å². The molecule has 1 N–H and O–H groups in total. The Bertz CT molecular complexity index is 517. The Labute approximate surface area is 151 Å². The molecule has 1 aliphatic carbocycles. The predicted octanol–water partition coefficient (Wildman–Crippen LogP) is 2.96. The van der Waals surface area contributed by atoms with E-state index < -0.39 is 0 Å². The van der Waals surface area contributed by atoms with Gasteiger partial charge >= 0.3 is 0 Å². The van der Waals surface area contributed by atoms with Gasteiger partial charge in [0.15, 0.2) is 0 Å². The number of likely N-dealkylation sites (tertiary alicyclic amines) is 1. The monoisotopic (exact) mass is 339 g/mol. The molecule has 0 atom stereocenters. The molecule has 0 bridgehead atoms. The Hall–Kier alpha value is -1.55. The van der Waals surface area contributed by atoms with Gasteiger partial charge in [0.1, 0.15) is 5.75 Å². The van der Waals surface area contributed by atoms with Crippen molar-refractivity contribution in [2.45, 2.75) is 32.2 Å². The standard InChI is InChI=1S/C21H27N2O2/c24-21(19-7-2-3-8-19)22-17-18-9-11-20(12-10-18)25-16-6-15-23-13-4-1-5-14-23/h2-3,7-12H,1,4-6,13-17H2,(H,22,24). The molecule has 1 aromatic rings. The van der Waals surface area contributed by atoms with Gasteiger partial charge in [-0.25, -0.2) is 0 Å². The van der Waals surface area contributed by atoms with Gasteiger partial charge in [-0.05, 0) is 75.7 Å². The number of piperidine rings is 1. The van der Waals surface area contributed by atoms with Gasteiger partial charge in [0, 0.05) is 13.1 Å². The van der Waals surface area contributed by atoms with Gasteiger partial charge in [0.2, 0.25) is 5.91 Å². The Kier molecular flexibility index (Phi) is 7.16. The van der Waals surface area contributed by atoms with E-state index >= 15 is 0 Å². The van der Waals surface area contributed by atoms with Crippen LogP contribution in [0, 0.1) is 31.6 Å². The van der Waals surface area contributed by atoms with Gasteiger partial charge < -0.3 is 15.0 Å². The fourth-order valence-electron chi connectivity index (χ4n) is 3.17. The van der Waals surface area contributed by atoms with Crippen molar-refractivity contribution in [2.75, 3.05) is 26.2 Å². The van der Waals surface area contributed by atoms with Crippen molar-refractivity contribution in [3.63, 3.8) is 0 Å². The van der Waals surface area contributed by atoms with Crippen LogP contribution in [-0.4, -0.2) is 37.0 Å². The van der Waals surface area contributed by atoms with E-state index in [1.54, 1.807) is 0 Å². The number of nitrogens with zero attached hydrogens (tertiary/aromatic N) is 1. The lowest BCUT2D eigenvalue weighted by Crippen LogP contribution is -2.31. The summed E-state index contributed by atoms with van der Waals surface area (Å²) in [6, 6.07) is 7.96. The summed E-state index contributed by atoms with van der Waals surface area (Å²) in [5.41, 5.74) is 1.07. The Morgan fingerprint density at radius 3 is 2.48 bits per heavy atom. The van der Waals surface area contributed by atoms with E-state index in [4.69, 9.17) is 4.74 Å². The highest BCUT2D eigenvalue weighted by molar-refractivity contribution is 5.95. The number of hydrogen-bond donors (Lipinski definition) is 1. The zero-order valence-corrected chi connectivity index (χ0v) is 14.7. The van der Waals surface area contributed by atoms with Gasteiger partial charge in [-0.2, -0.15) is 0 Å². The van der Waals surface area contributed by atoms with Crippen molar-refractivity contribution < 1.29 is 9.53 Å². The summed E-state index contributed by atoms with van der Waals surface area (Å²) >= 11 is 0. The molecule has 1 aliphatic heterocycles. The molecule has 0 aromatic heterocycles. The quantitative estimate of drug-likeness (QED) is 0.741. The van der Waals surface area contributed by atoms with Crippen molar-refractivity contribution in [1.29, 1.82) is 0 Å². The first kappa shape index (κ1) is 18.2. The number of nitrogens with one attached hydrogen (secondary N) is 1. The van der Waals surface area contributed by atoms with Crippen LogP contribution in [0.2, 0.25) is 0 Å². The number of carbonyl (C=O) groups is 1. The molecular formula is C21H27N2O2. The van der Waals surface area contributed by atoms with Gasteiger partial charge in [0.25, 0.3) is 0 Å². The minimum atomic E-state index is -0.0389. The molecule has 1 heterocycles. The van der Waals surface area contributed by atoms with Crippen LogP contribution < -0.4 is 10.1 Å². The average molecular weight is 339 g/mol. The first-order chi connectivity index (χ1) is 12.3. The van der Waals surface area contributed by atoms with Crippen LogP contribution in [0.4, 0.5) is 0 Å². The van der Waals surface area contributed by atoms with Crippen molar-refractivity contribution in [1.82, 2.24) is 10.2 Å². The number of benzene rings is 1. The van der Waals surface area contributed by atoms with Crippen LogP contribution in [0.15, 0.2) is 24.3 Å². The molecule has 1 amide bonds. The summed E-state index contributed by atoms with van der Waals surface area (Å²) < 4.78 is 5.82. The number of rotatable bonds is 8. The maximum atomic E-state index is 11.9. The molecule has 25 heavy (non-hydrogen) atoms. The van der Waals surface area contributed by atoms with E-state index in [1.165, 1.54) is 32.4 Å². The van der Waals surface area contributed by atoms with Gasteiger partial charge in [-0.3, -0.25) is 4.79 Å². The maximum Gasteiger partial charge on any atom is 0.228 e. The second-order valence-corrected chi connectivity index (χ2v) is 6.60. The number of hydrogen-bond acceptors (Lipinski definition) is 3. The predicted molar refractivity (Wildman–Crippen MR) is 99.1 cm³/mol. The molecule has 0 unspecified atom stereocenters. The van der Waals surface area contributed by atoms with Crippen molar-refractivity contribution in [3.05, 3.63) is 61.4 Å². The van der Waals surface area contributed by atoms with Crippen LogP contribution in [0.3, 0.4) is 0 Å². The first-order valence-corrected chi connectivity index (χ1v) is 9.25. The molecule has 4 heteroatoms. The summed E-state index contributed by atoms with van der Waals surface area (Å²) in [5.74, 6) is 1.56. The summed E-state index contributed by atoms with van der Waals surface area (Å²) in [6.45, 7) is 4.89. The van der Waals surface area contributed by atoms with Crippen molar-refractivity contribution in [2.24, 2.45) is 0 Å². The lowest BCUT2D eigenvalue weighted by molar-refractivity contribution is -0.118. The Morgan fingerprint density at radius 1 is 1.04 bits per heavy atom. The minimum absolute atomic E-state index is 0.0389. The van der Waals surface area contributed by atoms with Crippen molar-refractivity contribution >= 4 is 5.91 Å². The zero-order chi connectivity index (χ0) is 17.3. The van der Waals surface area contributed by atoms with E-state index in [1.807, 2.05) is 49.9 Å². The second kappa shape index (κ2) is 9.81. The average Bonchev–Trinajstić information content (AvgIpc) is 3.20. The highest BCUT2D eigenvalue weighted by atomic mass is 16.5. The number of ether oxygens (including phenoxy) is 1. The van der Waals surface area contributed by atoms with Crippen LogP contribution >= 0.6 is 0 Å². The molecule has 3 rings (SSSR count). The molecule has 0 spiro atoms. The lowest BCUT2D eigenvalue weighted by Gasteiger charge is -2.26. The summed E-state index contributed by atoms with van der Waals surface area (Å²) in [6.07, 6.45) is 12.5. The van der Waals surface area contributed by atoms with E-state index in [2.05, 4.69) is 10.2 Å². The Morgan fingerprint density at radius 2 is 1.76 bits per heavy atom. The zero-order valence-electron chi connectivity index (χ0n) is 14.7. The Balaban J connectivity index is 1.31. The van der Waals surface area contributed by atoms with E-state index in [-0.39, 0.29) is 5.91 Å². The fraction of sp³-hybridized carbons (Fsp3) is 0.429. The van der Waals surface area contributed by atoms with Crippen LogP contribution in [-0.2, 0) is 11.3 Å². The molecule has 133 valence electrons. The topological polar surface area (TPSA) is 41.6 Å². The molecule has 1 aromatic carbocycles. The molecule has 4 nitrogen and oxygen atoms in total.